The van der Waals surface area contributed by atoms with Crippen molar-refractivity contribution in [3.8, 4) is 0 Å². The molecule has 0 nitrogen and oxygen atoms in total. The fourth-order valence-corrected chi connectivity index (χ4v) is 1.73. The Hall–Kier alpha value is -0.650. The lowest BCUT2D eigenvalue weighted by Gasteiger charge is -2.27. The fraction of sp³-hybridized carbons (Fsp3) is 0.600. The van der Waals surface area contributed by atoms with Crippen LogP contribution in [0.25, 0.3) is 0 Å². The minimum atomic E-state index is -0.328. The van der Waals surface area contributed by atoms with Gasteiger partial charge in [-0.3, -0.25) is 0 Å². The SMILES string of the molecule is [B]C(C)(C)c1cc(C(C)C)cc(C([B])(C)C)c1. The highest BCUT2D eigenvalue weighted by Gasteiger charge is 2.20. The van der Waals surface area contributed by atoms with E-state index >= 15 is 0 Å². The maximum atomic E-state index is 6.20. The highest BCUT2D eigenvalue weighted by Crippen LogP contribution is 2.30. The van der Waals surface area contributed by atoms with Crippen LogP contribution in [0.5, 0.6) is 0 Å². The van der Waals surface area contributed by atoms with Crippen molar-refractivity contribution in [2.75, 3.05) is 0 Å². The first-order chi connectivity index (χ1) is 7.51. The molecule has 1 aromatic rings. The van der Waals surface area contributed by atoms with Gasteiger partial charge in [0.1, 0.15) is 0 Å². The Kier molecular flexibility index (Phi) is 3.86. The van der Waals surface area contributed by atoms with Gasteiger partial charge in [-0.25, -0.2) is 0 Å². The van der Waals surface area contributed by atoms with Gasteiger partial charge >= 0.3 is 0 Å². The molecule has 1 rings (SSSR count). The van der Waals surface area contributed by atoms with Crippen molar-refractivity contribution < 1.29 is 0 Å². The Bertz CT molecular complexity index is 360. The molecule has 0 aliphatic carbocycles. The normalized spacial score (nSPS) is 13.1. The fourth-order valence-electron chi connectivity index (χ4n) is 1.73. The molecule has 0 atom stereocenters. The third kappa shape index (κ3) is 3.66. The molecule has 0 amide bonds. The first-order valence-electron chi connectivity index (χ1n) is 6.25. The van der Waals surface area contributed by atoms with Gasteiger partial charge in [-0.15, -0.1) is 0 Å². The average molecular weight is 224 g/mol. The van der Waals surface area contributed by atoms with Crippen LogP contribution >= 0.6 is 0 Å². The molecule has 4 radical (unpaired) electrons. The van der Waals surface area contributed by atoms with E-state index < -0.39 is 0 Å². The summed E-state index contributed by atoms with van der Waals surface area (Å²) in [7, 11) is 12.4. The van der Waals surface area contributed by atoms with Crippen molar-refractivity contribution in [1.29, 1.82) is 0 Å². The van der Waals surface area contributed by atoms with Crippen LogP contribution in [0.2, 0.25) is 0 Å². The zero-order valence-electron chi connectivity index (χ0n) is 12.0. The molecule has 2 heteroatoms. The summed E-state index contributed by atoms with van der Waals surface area (Å²) in [5, 5.41) is -0.657. The molecule has 0 unspecified atom stereocenters. The molecule has 0 aliphatic rings. The van der Waals surface area contributed by atoms with E-state index in [4.69, 9.17) is 15.7 Å². The lowest BCUT2D eigenvalue weighted by Crippen LogP contribution is -2.22. The van der Waals surface area contributed by atoms with Gasteiger partial charge in [-0.05, 0) is 22.1 Å². The molecule has 88 valence electrons. The lowest BCUT2D eigenvalue weighted by molar-refractivity contribution is 0.724. The number of hydrogen-bond donors (Lipinski definition) is 0. The Morgan fingerprint density at radius 3 is 1.41 bits per heavy atom. The summed E-state index contributed by atoms with van der Waals surface area (Å²) in [4.78, 5) is 0. The van der Waals surface area contributed by atoms with Gasteiger partial charge in [0.05, 0.1) is 15.7 Å². The Morgan fingerprint density at radius 2 is 1.18 bits per heavy atom. The van der Waals surface area contributed by atoms with Crippen molar-refractivity contribution >= 4 is 15.7 Å². The Labute approximate surface area is 109 Å². The van der Waals surface area contributed by atoms with Gasteiger partial charge in [0.25, 0.3) is 0 Å². The molecule has 0 aliphatic heterocycles. The van der Waals surface area contributed by atoms with Crippen molar-refractivity contribution in [3.05, 3.63) is 34.9 Å². The molecule has 1 aromatic carbocycles. The van der Waals surface area contributed by atoms with Crippen LogP contribution < -0.4 is 0 Å². The topological polar surface area (TPSA) is 0 Å². The van der Waals surface area contributed by atoms with Crippen LogP contribution in [-0.4, -0.2) is 15.7 Å². The first kappa shape index (κ1) is 14.4. The molecular weight excluding hydrogens is 202 g/mol. The molecule has 0 heterocycles. The lowest BCUT2D eigenvalue weighted by atomic mass is 9.63. The highest BCUT2D eigenvalue weighted by molar-refractivity contribution is 6.16. The third-order valence-electron chi connectivity index (χ3n) is 3.11. The van der Waals surface area contributed by atoms with Crippen LogP contribution in [0.3, 0.4) is 0 Å². The molecule has 0 aromatic heterocycles. The molecule has 0 saturated carbocycles. The molecule has 0 saturated heterocycles. The standard InChI is InChI=1S/C15H22B2/c1-10(2)11-7-12(14(3,4)16)9-13(8-11)15(5,6)17/h7-10H,1-6H3. The van der Waals surface area contributed by atoms with Crippen LogP contribution in [0.1, 0.15) is 64.2 Å². The maximum Gasteiger partial charge on any atom is 0.0802 e. The van der Waals surface area contributed by atoms with E-state index in [2.05, 4.69) is 32.0 Å². The van der Waals surface area contributed by atoms with E-state index in [1.807, 2.05) is 27.7 Å². The Balaban J connectivity index is 3.40. The summed E-state index contributed by atoms with van der Waals surface area (Å²) >= 11 is 0. The van der Waals surface area contributed by atoms with Crippen molar-refractivity contribution in [2.24, 2.45) is 0 Å². The predicted molar refractivity (Wildman–Crippen MR) is 78.1 cm³/mol. The molecule has 0 bridgehead atoms. The maximum absolute atomic E-state index is 6.20. The third-order valence-corrected chi connectivity index (χ3v) is 3.11. The second kappa shape index (κ2) is 4.55. The second-order valence-electron chi connectivity index (χ2n) is 6.44. The number of hydrogen-bond acceptors (Lipinski definition) is 0. The first-order valence-corrected chi connectivity index (χ1v) is 6.25. The monoisotopic (exact) mass is 224 g/mol. The summed E-state index contributed by atoms with van der Waals surface area (Å²) in [6, 6.07) is 6.52. The van der Waals surface area contributed by atoms with Gasteiger partial charge in [0, 0.05) is 0 Å². The van der Waals surface area contributed by atoms with Crippen LogP contribution in [0, 0.1) is 0 Å². The van der Waals surface area contributed by atoms with Gasteiger partial charge < -0.3 is 0 Å². The van der Waals surface area contributed by atoms with Crippen molar-refractivity contribution in [3.63, 3.8) is 0 Å². The van der Waals surface area contributed by atoms with Crippen molar-refractivity contribution in [2.45, 2.75) is 58.1 Å². The van der Waals surface area contributed by atoms with E-state index in [1.54, 1.807) is 0 Å². The molecule has 0 N–H and O–H groups in total. The van der Waals surface area contributed by atoms with Gasteiger partial charge in [-0.1, -0.05) is 70.9 Å². The number of benzene rings is 1. The summed E-state index contributed by atoms with van der Waals surface area (Å²) < 4.78 is 0. The largest absolute Gasteiger partial charge is 0.0802 e. The molecule has 0 spiro atoms. The van der Waals surface area contributed by atoms with Gasteiger partial charge in [-0.2, -0.15) is 0 Å². The van der Waals surface area contributed by atoms with E-state index in [0.29, 0.717) is 5.92 Å². The Morgan fingerprint density at radius 1 is 0.824 bits per heavy atom. The zero-order valence-corrected chi connectivity index (χ0v) is 12.0. The van der Waals surface area contributed by atoms with Gasteiger partial charge in [0.2, 0.25) is 0 Å². The van der Waals surface area contributed by atoms with E-state index in [1.165, 1.54) is 5.56 Å². The van der Waals surface area contributed by atoms with E-state index in [9.17, 15) is 0 Å². The minimum Gasteiger partial charge on any atom is -0.0639 e. The van der Waals surface area contributed by atoms with Crippen LogP contribution in [0.4, 0.5) is 0 Å². The number of rotatable bonds is 3. The van der Waals surface area contributed by atoms with E-state index in [0.717, 1.165) is 11.1 Å². The molecule has 0 fully saturated rings. The quantitative estimate of drug-likeness (QED) is 0.687. The second-order valence-corrected chi connectivity index (χ2v) is 6.44. The summed E-state index contributed by atoms with van der Waals surface area (Å²) in [5.74, 6) is 0.485. The van der Waals surface area contributed by atoms with E-state index in [-0.39, 0.29) is 10.6 Å². The minimum absolute atomic E-state index is 0.328. The summed E-state index contributed by atoms with van der Waals surface area (Å²) in [6.45, 7) is 12.5. The molecule has 17 heavy (non-hydrogen) atoms. The highest BCUT2D eigenvalue weighted by atomic mass is 14.2. The average Bonchev–Trinajstić information content (AvgIpc) is 2.14. The van der Waals surface area contributed by atoms with Crippen molar-refractivity contribution in [1.82, 2.24) is 0 Å². The smallest absolute Gasteiger partial charge is 0.0639 e. The molecular formula is C15H22B2. The van der Waals surface area contributed by atoms with Gasteiger partial charge in [0.15, 0.2) is 0 Å². The summed E-state index contributed by atoms with van der Waals surface area (Å²) in [5.41, 5.74) is 3.60. The van der Waals surface area contributed by atoms with Crippen LogP contribution in [0.15, 0.2) is 18.2 Å². The summed E-state index contributed by atoms with van der Waals surface area (Å²) in [6.07, 6.45) is 0. The van der Waals surface area contributed by atoms with Crippen LogP contribution in [-0.2, 0) is 10.6 Å². The zero-order chi connectivity index (χ0) is 13.4. The predicted octanol–water partition coefficient (Wildman–Crippen LogP) is 3.62.